The van der Waals surface area contributed by atoms with E-state index in [1.54, 1.807) is 0 Å². The zero-order valence-corrected chi connectivity index (χ0v) is 11.0. The van der Waals surface area contributed by atoms with Gasteiger partial charge in [-0.2, -0.15) is 0 Å². The van der Waals surface area contributed by atoms with Crippen molar-refractivity contribution in [3.8, 4) is 0 Å². The molecule has 0 aromatic heterocycles. The first-order chi connectivity index (χ1) is 7.75. The molecule has 94 valence electrons. The summed E-state index contributed by atoms with van der Waals surface area (Å²) in [6, 6.07) is 0.866. The lowest BCUT2D eigenvalue weighted by molar-refractivity contribution is 0.136. The van der Waals surface area contributed by atoms with Crippen LogP contribution in [0.1, 0.15) is 45.4 Å². The average Bonchev–Trinajstić information content (AvgIpc) is 2.30. The van der Waals surface area contributed by atoms with Gasteiger partial charge in [0.25, 0.3) is 0 Å². The smallest absolute Gasteiger partial charge is 0.00948 e. The van der Waals surface area contributed by atoms with Crippen molar-refractivity contribution in [1.82, 2.24) is 10.2 Å². The highest BCUT2D eigenvalue weighted by Crippen LogP contribution is 2.27. The Labute approximate surface area is 101 Å². The van der Waals surface area contributed by atoms with Crippen LogP contribution < -0.4 is 5.32 Å². The number of hydrogen-bond acceptors (Lipinski definition) is 2. The molecular formula is C14H28N2. The predicted octanol–water partition coefficient (Wildman–Crippen LogP) is 2.50. The summed E-state index contributed by atoms with van der Waals surface area (Å²) in [5.41, 5.74) is 0. The summed E-state index contributed by atoms with van der Waals surface area (Å²) in [7, 11) is 2.34. The third-order valence-corrected chi connectivity index (χ3v) is 4.48. The fourth-order valence-electron chi connectivity index (χ4n) is 3.44. The minimum Gasteiger partial charge on any atom is -0.316 e. The number of nitrogens with zero attached hydrogens (tertiary/aromatic N) is 1. The van der Waals surface area contributed by atoms with Crippen LogP contribution in [0.3, 0.4) is 0 Å². The van der Waals surface area contributed by atoms with Gasteiger partial charge in [-0.1, -0.05) is 19.8 Å². The average molecular weight is 224 g/mol. The first kappa shape index (κ1) is 12.4. The minimum atomic E-state index is 0.866. The van der Waals surface area contributed by atoms with Gasteiger partial charge in [-0.3, -0.25) is 0 Å². The van der Waals surface area contributed by atoms with E-state index < -0.39 is 0 Å². The molecule has 2 fully saturated rings. The highest BCUT2D eigenvalue weighted by atomic mass is 15.1. The van der Waals surface area contributed by atoms with Crippen LogP contribution in [0.15, 0.2) is 0 Å². The summed E-state index contributed by atoms with van der Waals surface area (Å²) >= 11 is 0. The number of hydrogen-bond donors (Lipinski definition) is 1. The van der Waals surface area contributed by atoms with Crippen LogP contribution in [0.5, 0.6) is 0 Å². The van der Waals surface area contributed by atoms with Gasteiger partial charge >= 0.3 is 0 Å². The molecule has 2 nitrogen and oxygen atoms in total. The number of piperidine rings is 1. The maximum atomic E-state index is 3.53. The molecule has 2 aliphatic rings. The Bertz CT molecular complexity index is 199. The van der Waals surface area contributed by atoms with Gasteiger partial charge in [-0.25, -0.2) is 0 Å². The maximum absolute atomic E-state index is 3.53. The van der Waals surface area contributed by atoms with Crippen LogP contribution in [-0.2, 0) is 0 Å². The molecule has 1 aliphatic heterocycles. The van der Waals surface area contributed by atoms with Crippen molar-refractivity contribution in [1.29, 1.82) is 0 Å². The molecule has 0 aromatic carbocycles. The Hall–Kier alpha value is -0.0800. The Morgan fingerprint density at radius 3 is 2.75 bits per heavy atom. The second-order valence-electron chi connectivity index (χ2n) is 6.08. The van der Waals surface area contributed by atoms with Crippen LogP contribution in [0, 0.1) is 11.8 Å². The van der Waals surface area contributed by atoms with Crippen LogP contribution in [0.2, 0.25) is 0 Å². The summed E-state index contributed by atoms with van der Waals surface area (Å²) in [6.45, 7) is 6.21. The highest BCUT2D eigenvalue weighted by molar-refractivity contribution is 4.80. The molecule has 0 radical (unpaired) electrons. The highest BCUT2D eigenvalue weighted by Gasteiger charge is 2.24. The predicted molar refractivity (Wildman–Crippen MR) is 69.6 cm³/mol. The Kier molecular flexibility index (Phi) is 4.66. The Morgan fingerprint density at radius 1 is 1.19 bits per heavy atom. The van der Waals surface area contributed by atoms with Crippen LogP contribution in [0.4, 0.5) is 0 Å². The molecule has 2 heteroatoms. The molecule has 1 N–H and O–H groups in total. The molecular weight excluding hydrogens is 196 g/mol. The normalized spacial score (nSPS) is 36.6. The minimum absolute atomic E-state index is 0.866. The molecule has 16 heavy (non-hydrogen) atoms. The van der Waals surface area contributed by atoms with Crippen molar-refractivity contribution >= 4 is 0 Å². The van der Waals surface area contributed by atoms with Gasteiger partial charge in [0, 0.05) is 12.6 Å². The molecule has 1 saturated heterocycles. The molecule has 0 spiro atoms. The van der Waals surface area contributed by atoms with Crippen LogP contribution >= 0.6 is 0 Å². The summed E-state index contributed by atoms with van der Waals surface area (Å²) < 4.78 is 0. The molecule has 3 unspecified atom stereocenters. The molecule has 1 heterocycles. The summed E-state index contributed by atoms with van der Waals surface area (Å²) in [4.78, 5) is 2.65. The van der Waals surface area contributed by atoms with Crippen molar-refractivity contribution < 1.29 is 0 Å². The molecule has 3 atom stereocenters. The third-order valence-electron chi connectivity index (χ3n) is 4.48. The van der Waals surface area contributed by atoms with Crippen molar-refractivity contribution in [2.45, 2.75) is 51.5 Å². The monoisotopic (exact) mass is 224 g/mol. The standard InChI is InChI=1S/C14H28N2/c1-12-5-3-7-14(9-12)16(2)11-13-6-4-8-15-10-13/h12-15H,3-11H2,1-2H3. The van der Waals surface area contributed by atoms with E-state index in [-0.39, 0.29) is 0 Å². The zero-order valence-electron chi connectivity index (χ0n) is 11.0. The van der Waals surface area contributed by atoms with Gasteiger partial charge in [0.2, 0.25) is 0 Å². The molecule has 2 rings (SSSR count). The second-order valence-corrected chi connectivity index (χ2v) is 6.08. The lowest BCUT2D eigenvalue weighted by Gasteiger charge is -2.37. The maximum Gasteiger partial charge on any atom is 0.00948 e. The summed E-state index contributed by atoms with van der Waals surface area (Å²) in [5.74, 6) is 1.85. The van der Waals surface area contributed by atoms with Gasteiger partial charge in [0.15, 0.2) is 0 Å². The first-order valence-electron chi connectivity index (χ1n) is 7.16. The van der Waals surface area contributed by atoms with E-state index in [4.69, 9.17) is 0 Å². The molecule has 1 aliphatic carbocycles. The number of rotatable bonds is 3. The van der Waals surface area contributed by atoms with Gasteiger partial charge in [0.05, 0.1) is 0 Å². The van der Waals surface area contributed by atoms with E-state index >= 15 is 0 Å². The van der Waals surface area contributed by atoms with Gasteiger partial charge in [-0.15, -0.1) is 0 Å². The molecule has 0 bridgehead atoms. The topological polar surface area (TPSA) is 15.3 Å². The molecule has 1 saturated carbocycles. The van der Waals surface area contributed by atoms with E-state index in [0.717, 1.165) is 17.9 Å². The van der Waals surface area contributed by atoms with E-state index in [1.807, 2.05) is 0 Å². The van der Waals surface area contributed by atoms with Crippen molar-refractivity contribution in [2.24, 2.45) is 11.8 Å². The van der Waals surface area contributed by atoms with Gasteiger partial charge in [0.1, 0.15) is 0 Å². The SMILES string of the molecule is CC1CCCC(N(C)CC2CCCNC2)C1. The fraction of sp³-hybridized carbons (Fsp3) is 1.00. The van der Waals surface area contributed by atoms with Crippen molar-refractivity contribution in [3.63, 3.8) is 0 Å². The third kappa shape index (κ3) is 3.46. The lowest BCUT2D eigenvalue weighted by Crippen LogP contribution is -2.42. The largest absolute Gasteiger partial charge is 0.316 e. The second kappa shape index (κ2) is 6.02. The zero-order chi connectivity index (χ0) is 11.4. The van der Waals surface area contributed by atoms with Crippen LogP contribution in [-0.4, -0.2) is 37.6 Å². The molecule has 0 amide bonds. The first-order valence-corrected chi connectivity index (χ1v) is 7.16. The molecule has 0 aromatic rings. The lowest BCUT2D eigenvalue weighted by atomic mass is 9.86. The van der Waals surface area contributed by atoms with E-state index in [2.05, 4.69) is 24.2 Å². The van der Waals surface area contributed by atoms with E-state index in [9.17, 15) is 0 Å². The quantitative estimate of drug-likeness (QED) is 0.792. The number of nitrogens with one attached hydrogen (secondary N) is 1. The van der Waals surface area contributed by atoms with Gasteiger partial charge in [-0.05, 0) is 57.7 Å². The van der Waals surface area contributed by atoms with Gasteiger partial charge < -0.3 is 10.2 Å². The van der Waals surface area contributed by atoms with Crippen molar-refractivity contribution in [3.05, 3.63) is 0 Å². The van der Waals surface area contributed by atoms with E-state index in [1.165, 1.54) is 58.2 Å². The van der Waals surface area contributed by atoms with Crippen LogP contribution in [0.25, 0.3) is 0 Å². The Morgan fingerprint density at radius 2 is 2.06 bits per heavy atom. The van der Waals surface area contributed by atoms with E-state index in [0.29, 0.717) is 0 Å². The summed E-state index contributed by atoms with van der Waals surface area (Å²) in [6.07, 6.45) is 8.56. The Balaban J connectivity index is 1.75. The summed E-state index contributed by atoms with van der Waals surface area (Å²) in [5, 5.41) is 3.53. The fourth-order valence-corrected chi connectivity index (χ4v) is 3.44. The van der Waals surface area contributed by atoms with Crippen molar-refractivity contribution in [2.75, 3.05) is 26.7 Å².